The Morgan fingerprint density at radius 1 is 1.40 bits per heavy atom. The minimum absolute atomic E-state index is 0.142. The molecule has 1 aromatic heterocycles. The number of carbonyl (C=O) groups is 1. The molecule has 0 spiro atoms. The summed E-state index contributed by atoms with van der Waals surface area (Å²) in [6.45, 7) is 1.83. The zero-order chi connectivity index (χ0) is 14.7. The Morgan fingerprint density at radius 3 is 2.75 bits per heavy atom. The fourth-order valence-corrected chi connectivity index (χ4v) is 2.12. The average molecular weight is 337 g/mol. The predicted molar refractivity (Wildman–Crippen MR) is 79.3 cm³/mol. The fourth-order valence-electron chi connectivity index (χ4n) is 1.68. The highest BCUT2D eigenvalue weighted by molar-refractivity contribution is 9.10. The number of ether oxygens (including phenoxy) is 1. The van der Waals surface area contributed by atoms with Gasteiger partial charge in [-0.2, -0.15) is 0 Å². The Morgan fingerprint density at radius 2 is 2.15 bits per heavy atom. The predicted octanol–water partition coefficient (Wildman–Crippen LogP) is 3.12. The number of nitrogens with zero attached hydrogens (tertiary/aromatic N) is 1. The van der Waals surface area contributed by atoms with Crippen LogP contribution < -0.4 is 10.1 Å². The van der Waals surface area contributed by atoms with E-state index in [1.807, 2.05) is 13.0 Å². The summed E-state index contributed by atoms with van der Waals surface area (Å²) in [5.41, 5.74) is 0.982. The molecule has 0 unspecified atom stereocenters. The van der Waals surface area contributed by atoms with Crippen molar-refractivity contribution in [2.24, 2.45) is 0 Å². The first-order valence-electron chi connectivity index (χ1n) is 5.81. The third-order valence-corrected chi connectivity index (χ3v) is 3.16. The zero-order valence-corrected chi connectivity index (χ0v) is 12.6. The number of phenols is 1. The van der Waals surface area contributed by atoms with Gasteiger partial charge in [-0.05, 0) is 46.6 Å². The number of hydrogen-bond acceptors (Lipinski definition) is 4. The molecule has 0 atom stereocenters. The second-order valence-corrected chi connectivity index (χ2v) is 5.07. The van der Waals surface area contributed by atoms with Crippen LogP contribution in [0.25, 0.3) is 0 Å². The SMILES string of the molecule is COc1ccc(C(=O)Nc2ncc(Br)cc2C)c(O)c1. The van der Waals surface area contributed by atoms with E-state index in [2.05, 4.69) is 26.2 Å². The Labute approximate surface area is 124 Å². The standard InChI is InChI=1S/C14H13BrN2O3/c1-8-5-9(15)7-16-13(8)17-14(19)11-4-3-10(20-2)6-12(11)18/h3-7,18H,1-2H3,(H,16,17,19). The normalized spacial score (nSPS) is 10.2. The van der Waals surface area contributed by atoms with Crippen LogP contribution >= 0.6 is 15.9 Å². The van der Waals surface area contributed by atoms with Crippen LogP contribution in [0.15, 0.2) is 34.9 Å². The molecule has 1 amide bonds. The summed E-state index contributed by atoms with van der Waals surface area (Å²) < 4.78 is 5.80. The van der Waals surface area contributed by atoms with E-state index in [0.29, 0.717) is 11.6 Å². The number of benzene rings is 1. The van der Waals surface area contributed by atoms with Gasteiger partial charge in [0, 0.05) is 16.7 Å². The molecule has 104 valence electrons. The molecule has 0 fully saturated rings. The van der Waals surface area contributed by atoms with E-state index >= 15 is 0 Å². The van der Waals surface area contributed by atoms with E-state index in [1.54, 1.807) is 12.3 Å². The van der Waals surface area contributed by atoms with Crippen molar-refractivity contribution >= 4 is 27.7 Å². The van der Waals surface area contributed by atoms with Crippen LogP contribution in [-0.2, 0) is 0 Å². The van der Waals surface area contributed by atoms with Gasteiger partial charge in [-0.15, -0.1) is 0 Å². The molecule has 6 heteroatoms. The van der Waals surface area contributed by atoms with Crippen molar-refractivity contribution in [3.63, 3.8) is 0 Å². The fraction of sp³-hybridized carbons (Fsp3) is 0.143. The Balaban J connectivity index is 2.24. The summed E-state index contributed by atoms with van der Waals surface area (Å²) in [6.07, 6.45) is 1.59. The minimum Gasteiger partial charge on any atom is -0.507 e. The molecule has 2 aromatic rings. The minimum atomic E-state index is -0.428. The summed E-state index contributed by atoms with van der Waals surface area (Å²) >= 11 is 3.31. The van der Waals surface area contributed by atoms with Gasteiger partial charge in [0.2, 0.25) is 0 Å². The molecule has 0 aliphatic carbocycles. The quantitative estimate of drug-likeness (QED) is 0.903. The van der Waals surface area contributed by atoms with Gasteiger partial charge in [0.05, 0.1) is 12.7 Å². The third kappa shape index (κ3) is 3.08. The lowest BCUT2D eigenvalue weighted by Crippen LogP contribution is -2.14. The topological polar surface area (TPSA) is 71.5 Å². The highest BCUT2D eigenvalue weighted by Crippen LogP contribution is 2.25. The zero-order valence-electron chi connectivity index (χ0n) is 11.0. The van der Waals surface area contributed by atoms with Crippen molar-refractivity contribution in [3.8, 4) is 11.5 Å². The van der Waals surface area contributed by atoms with E-state index < -0.39 is 5.91 Å². The van der Waals surface area contributed by atoms with Gasteiger partial charge in [0.15, 0.2) is 0 Å². The van der Waals surface area contributed by atoms with Crippen molar-refractivity contribution in [2.75, 3.05) is 12.4 Å². The maximum atomic E-state index is 12.1. The van der Waals surface area contributed by atoms with Gasteiger partial charge in [0.1, 0.15) is 17.3 Å². The third-order valence-electron chi connectivity index (χ3n) is 2.73. The number of phenolic OH excluding ortho intramolecular Hbond substituents is 1. The molecule has 0 saturated heterocycles. The average Bonchev–Trinajstić information content (AvgIpc) is 2.41. The summed E-state index contributed by atoms with van der Waals surface area (Å²) in [5, 5.41) is 12.5. The molecule has 2 N–H and O–H groups in total. The van der Waals surface area contributed by atoms with E-state index in [1.165, 1.54) is 19.2 Å². The van der Waals surface area contributed by atoms with Gasteiger partial charge >= 0.3 is 0 Å². The number of aromatic nitrogens is 1. The molecule has 0 saturated carbocycles. The second kappa shape index (κ2) is 5.92. The molecule has 20 heavy (non-hydrogen) atoms. The largest absolute Gasteiger partial charge is 0.507 e. The molecule has 5 nitrogen and oxygen atoms in total. The van der Waals surface area contributed by atoms with Gasteiger partial charge < -0.3 is 15.2 Å². The highest BCUT2D eigenvalue weighted by atomic mass is 79.9. The van der Waals surface area contributed by atoms with Gasteiger partial charge in [-0.25, -0.2) is 4.98 Å². The summed E-state index contributed by atoms with van der Waals surface area (Å²) in [5.74, 6) is 0.366. The van der Waals surface area contributed by atoms with E-state index in [0.717, 1.165) is 10.0 Å². The van der Waals surface area contributed by atoms with Crippen LogP contribution in [0.2, 0.25) is 0 Å². The number of rotatable bonds is 3. The van der Waals surface area contributed by atoms with Crippen LogP contribution in [0.1, 0.15) is 15.9 Å². The summed E-state index contributed by atoms with van der Waals surface area (Å²) in [6, 6.07) is 6.33. The molecule has 0 aliphatic rings. The number of anilines is 1. The highest BCUT2D eigenvalue weighted by Gasteiger charge is 2.13. The molecule has 0 radical (unpaired) electrons. The lowest BCUT2D eigenvalue weighted by Gasteiger charge is -2.09. The van der Waals surface area contributed by atoms with Crippen molar-refractivity contribution in [2.45, 2.75) is 6.92 Å². The number of halogens is 1. The molecule has 0 aliphatic heterocycles. The lowest BCUT2D eigenvalue weighted by molar-refractivity contribution is 0.102. The Bertz CT molecular complexity index is 659. The molecular formula is C14H13BrN2O3. The van der Waals surface area contributed by atoms with Crippen molar-refractivity contribution < 1.29 is 14.6 Å². The maximum Gasteiger partial charge on any atom is 0.260 e. The number of aryl methyl sites for hydroxylation is 1. The second-order valence-electron chi connectivity index (χ2n) is 4.16. The van der Waals surface area contributed by atoms with Crippen molar-refractivity contribution in [1.29, 1.82) is 0 Å². The monoisotopic (exact) mass is 336 g/mol. The number of amides is 1. The Hall–Kier alpha value is -2.08. The lowest BCUT2D eigenvalue weighted by atomic mass is 10.1. The van der Waals surface area contributed by atoms with Gasteiger partial charge in [-0.1, -0.05) is 0 Å². The first-order chi connectivity index (χ1) is 9.51. The first-order valence-corrected chi connectivity index (χ1v) is 6.61. The van der Waals surface area contributed by atoms with Gasteiger partial charge in [-0.3, -0.25) is 4.79 Å². The van der Waals surface area contributed by atoms with Gasteiger partial charge in [0.25, 0.3) is 5.91 Å². The number of pyridine rings is 1. The maximum absolute atomic E-state index is 12.1. The summed E-state index contributed by atoms with van der Waals surface area (Å²) in [4.78, 5) is 16.2. The van der Waals surface area contributed by atoms with Crippen LogP contribution in [0, 0.1) is 6.92 Å². The molecule has 1 heterocycles. The Kier molecular flexibility index (Phi) is 4.24. The van der Waals surface area contributed by atoms with Crippen LogP contribution in [0.4, 0.5) is 5.82 Å². The molecular weight excluding hydrogens is 324 g/mol. The van der Waals surface area contributed by atoms with E-state index in [-0.39, 0.29) is 11.3 Å². The van der Waals surface area contributed by atoms with Crippen LogP contribution in [0.5, 0.6) is 11.5 Å². The molecule has 1 aromatic carbocycles. The van der Waals surface area contributed by atoms with E-state index in [9.17, 15) is 9.90 Å². The number of hydrogen-bond donors (Lipinski definition) is 2. The molecule has 2 rings (SSSR count). The smallest absolute Gasteiger partial charge is 0.260 e. The number of methoxy groups -OCH3 is 1. The number of carbonyl (C=O) groups excluding carboxylic acids is 1. The van der Waals surface area contributed by atoms with Crippen molar-refractivity contribution in [1.82, 2.24) is 4.98 Å². The number of nitrogens with one attached hydrogen (secondary N) is 1. The van der Waals surface area contributed by atoms with Crippen LogP contribution in [0.3, 0.4) is 0 Å². The van der Waals surface area contributed by atoms with Crippen LogP contribution in [-0.4, -0.2) is 23.1 Å². The number of aromatic hydroxyl groups is 1. The molecule has 0 bridgehead atoms. The van der Waals surface area contributed by atoms with Crippen molar-refractivity contribution in [3.05, 3.63) is 46.1 Å². The first kappa shape index (κ1) is 14.3. The van der Waals surface area contributed by atoms with E-state index in [4.69, 9.17) is 4.74 Å². The summed E-state index contributed by atoms with van der Waals surface area (Å²) in [7, 11) is 1.49.